The molecule has 0 unspecified atom stereocenters. The van der Waals surface area contributed by atoms with Crippen LogP contribution in [-0.4, -0.2) is 10.1 Å². The second kappa shape index (κ2) is 5.04. The third-order valence-corrected chi connectivity index (χ3v) is 3.14. The van der Waals surface area contributed by atoms with Gasteiger partial charge < -0.3 is 9.84 Å². The van der Waals surface area contributed by atoms with Crippen molar-refractivity contribution in [1.29, 1.82) is 0 Å². The average Bonchev–Trinajstić information content (AvgIpc) is 2.88. The van der Waals surface area contributed by atoms with Crippen LogP contribution in [0.1, 0.15) is 22.6 Å². The molecule has 2 rings (SSSR count). The number of hydrogen-bond donors (Lipinski definition) is 1. The van der Waals surface area contributed by atoms with Crippen molar-refractivity contribution in [3.8, 4) is 0 Å². The molecule has 0 aliphatic heterocycles. The summed E-state index contributed by atoms with van der Waals surface area (Å²) in [6, 6.07) is 1.86. The highest BCUT2D eigenvalue weighted by molar-refractivity contribution is 7.11. The lowest BCUT2D eigenvalue weighted by atomic mass is 10.4. The summed E-state index contributed by atoms with van der Waals surface area (Å²) in [6.45, 7) is 3.66. The predicted octanol–water partition coefficient (Wildman–Crippen LogP) is 1.98. The van der Waals surface area contributed by atoms with Gasteiger partial charge in [-0.25, -0.2) is 4.98 Å². The summed E-state index contributed by atoms with van der Waals surface area (Å²) in [5.41, 5.74) is 0. The maximum Gasteiger partial charge on any atom is 0.150 e. The van der Waals surface area contributed by atoms with Crippen molar-refractivity contribution in [2.75, 3.05) is 0 Å². The molecule has 0 amide bonds. The summed E-state index contributed by atoms with van der Waals surface area (Å²) in [6.07, 6.45) is 4.59. The molecule has 0 saturated carbocycles. The maximum absolute atomic E-state index is 4.97. The Kier molecular flexibility index (Phi) is 3.47. The number of nitrogens with one attached hydrogen (secondary N) is 1. The maximum atomic E-state index is 4.97. The van der Waals surface area contributed by atoms with Crippen LogP contribution >= 0.6 is 11.3 Å². The molecular formula is C10H13N3OS. The molecule has 0 spiro atoms. The number of rotatable bonds is 5. The van der Waals surface area contributed by atoms with Crippen LogP contribution in [0.5, 0.6) is 0 Å². The largest absolute Gasteiger partial charge is 0.360 e. The molecule has 0 fully saturated rings. The zero-order valence-corrected chi connectivity index (χ0v) is 9.38. The van der Waals surface area contributed by atoms with Gasteiger partial charge in [0.1, 0.15) is 5.76 Å². The van der Waals surface area contributed by atoms with Crippen molar-refractivity contribution < 1.29 is 4.52 Å². The van der Waals surface area contributed by atoms with Crippen molar-refractivity contribution in [2.24, 2.45) is 0 Å². The van der Waals surface area contributed by atoms with E-state index in [9.17, 15) is 0 Å². The smallest absolute Gasteiger partial charge is 0.150 e. The Labute approximate surface area is 92.3 Å². The van der Waals surface area contributed by atoms with Crippen LogP contribution in [-0.2, 0) is 19.5 Å². The van der Waals surface area contributed by atoms with E-state index in [-0.39, 0.29) is 0 Å². The second-order valence-corrected chi connectivity index (χ2v) is 4.36. The van der Waals surface area contributed by atoms with Gasteiger partial charge >= 0.3 is 0 Å². The van der Waals surface area contributed by atoms with Crippen LogP contribution in [0.3, 0.4) is 0 Å². The van der Waals surface area contributed by atoms with Crippen molar-refractivity contribution in [1.82, 2.24) is 15.5 Å². The minimum absolute atomic E-state index is 0.708. The molecule has 80 valence electrons. The Morgan fingerprint density at radius 1 is 1.47 bits per heavy atom. The van der Waals surface area contributed by atoms with Gasteiger partial charge in [-0.05, 0) is 6.42 Å². The molecule has 1 N–H and O–H groups in total. The van der Waals surface area contributed by atoms with Gasteiger partial charge in [-0.2, -0.15) is 0 Å². The lowest BCUT2D eigenvalue weighted by molar-refractivity contribution is 0.373. The zero-order chi connectivity index (χ0) is 10.5. The Hall–Kier alpha value is -1.20. The summed E-state index contributed by atoms with van der Waals surface area (Å²) in [5, 5.41) is 8.11. The molecule has 0 aliphatic carbocycles. The highest BCUT2D eigenvalue weighted by Crippen LogP contribution is 2.12. The number of hydrogen-bond acceptors (Lipinski definition) is 5. The van der Waals surface area contributed by atoms with E-state index in [1.165, 1.54) is 9.88 Å². The van der Waals surface area contributed by atoms with E-state index in [0.717, 1.165) is 18.7 Å². The van der Waals surface area contributed by atoms with Crippen LogP contribution in [0.25, 0.3) is 0 Å². The number of aromatic nitrogens is 2. The lowest BCUT2D eigenvalue weighted by Crippen LogP contribution is -2.10. The fourth-order valence-corrected chi connectivity index (χ4v) is 2.07. The van der Waals surface area contributed by atoms with E-state index in [2.05, 4.69) is 22.4 Å². The Balaban J connectivity index is 1.78. The molecular weight excluding hydrogens is 210 g/mol. The molecule has 2 aromatic rings. The summed E-state index contributed by atoms with van der Waals surface area (Å²) >= 11 is 1.75. The third-order valence-electron chi connectivity index (χ3n) is 1.99. The minimum atomic E-state index is 0.708. The van der Waals surface area contributed by atoms with Gasteiger partial charge in [0.25, 0.3) is 0 Å². The van der Waals surface area contributed by atoms with Gasteiger partial charge in [-0.15, -0.1) is 11.3 Å². The molecule has 0 radical (unpaired) electrons. The van der Waals surface area contributed by atoms with Crippen molar-refractivity contribution in [2.45, 2.75) is 26.4 Å². The zero-order valence-electron chi connectivity index (χ0n) is 8.56. The van der Waals surface area contributed by atoms with Crippen LogP contribution < -0.4 is 5.32 Å². The lowest BCUT2D eigenvalue weighted by Gasteiger charge is -1.97. The van der Waals surface area contributed by atoms with Crippen LogP contribution in [0, 0.1) is 0 Å². The second-order valence-electron chi connectivity index (χ2n) is 3.16. The molecule has 2 heterocycles. The van der Waals surface area contributed by atoms with E-state index in [0.29, 0.717) is 6.54 Å². The fourth-order valence-electron chi connectivity index (χ4n) is 1.24. The predicted molar refractivity (Wildman–Crippen MR) is 58.5 cm³/mol. The van der Waals surface area contributed by atoms with Gasteiger partial charge in [-0.3, -0.25) is 0 Å². The highest BCUT2D eigenvalue weighted by atomic mass is 32.1. The van der Waals surface area contributed by atoms with Crippen molar-refractivity contribution in [3.63, 3.8) is 0 Å². The molecule has 0 atom stereocenters. The van der Waals surface area contributed by atoms with E-state index in [1.54, 1.807) is 17.5 Å². The Morgan fingerprint density at radius 2 is 2.40 bits per heavy atom. The normalized spacial score (nSPS) is 10.7. The first-order chi connectivity index (χ1) is 7.38. The summed E-state index contributed by atoms with van der Waals surface area (Å²) < 4.78 is 4.97. The molecule has 0 saturated heterocycles. The molecule has 2 aromatic heterocycles. The SMILES string of the molecule is CCc1ncc(CNCc2ccno2)s1. The fraction of sp³-hybridized carbons (Fsp3) is 0.400. The van der Waals surface area contributed by atoms with Crippen molar-refractivity contribution in [3.05, 3.63) is 34.1 Å². The minimum Gasteiger partial charge on any atom is -0.360 e. The summed E-state index contributed by atoms with van der Waals surface area (Å²) in [5.74, 6) is 0.857. The van der Waals surface area contributed by atoms with Gasteiger partial charge in [0.05, 0.1) is 17.7 Å². The first-order valence-electron chi connectivity index (χ1n) is 4.92. The van der Waals surface area contributed by atoms with Gasteiger partial charge in [0.2, 0.25) is 0 Å². The van der Waals surface area contributed by atoms with Crippen LogP contribution in [0.2, 0.25) is 0 Å². The number of nitrogens with zero attached hydrogens (tertiary/aromatic N) is 2. The van der Waals surface area contributed by atoms with E-state index < -0.39 is 0 Å². The summed E-state index contributed by atoms with van der Waals surface area (Å²) in [4.78, 5) is 5.55. The standard InChI is InChI=1S/C10H13N3OS/c1-2-10-12-7-9(15-10)6-11-5-8-3-4-13-14-8/h3-4,7,11H,2,5-6H2,1H3. The quantitative estimate of drug-likeness (QED) is 0.842. The Morgan fingerprint density at radius 3 is 3.07 bits per heavy atom. The summed E-state index contributed by atoms with van der Waals surface area (Å²) in [7, 11) is 0. The number of thiazole rings is 1. The first kappa shape index (κ1) is 10.3. The molecule has 5 heteroatoms. The Bertz CT molecular complexity index is 396. The van der Waals surface area contributed by atoms with Crippen LogP contribution in [0.4, 0.5) is 0 Å². The monoisotopic (exact) mass is 223 g/mol. The van der Waals surface area contributed by atoms with Gasteiger partial charge in [-0.1, -0.05) is 12.1 Å². The molecule has 15 heavy (non-hydrogen) atoms. The number of aryl methyl sites for hydroxylation is 1. The average molecular weight is 223 g/mol. The van der Waals surface area contributed by atoms with E-state index >= 15 is 0 Å². The topological polar surface area (TPSA) is 51.0 Å². The van der Waals surface area contributed by atoms with Crippen LogP contribution in [0.15, 0.2) is 23.0 Å². The van der Waals surface area contributed by atoms with Crippen molar-refractivity contribution >= 4 is 11.3 Å². The first-order valence-corrected chi connectivity index (χ1v) is 5.74. The molecule has 0 aliphatic rings. The molecule has 0 bridgehead atoms. The third kappa shape index (κ3) is 2.87. The molecule has 0 aromatic carbocycles. The van der Waals surface area contributed by atoms with E-state index in [4.69, 9.17) is 4.52 Å². The van der Waals surface area contributed by atoms with Gasteiger partial charge in [0, 0.05) is 23.7 Å². The highest BCUT2D eigenvalue weighted by Gasteiger charge is 2.00. The van der Waals surface area contributed by atoms with E-state index in [1.807, 2.05) is 12.3 Å². The molecule has 4 nitrogen and oxygen atoms in total. The van der Waals surface area contributed by atoms with Gasteiger partial charge in [0.15, 0.2) is 0 Å².